The molecule has 0 saturated carbocycles. The third-order valence-electron chi connectivity index (χ3n) is 5.25. The first-order valence-corrected chi connectivity index (χ1v) is 13.3. The summed E-state index contributed by atoms with van der Waals surface area (Å²) in [6.07, 6.45) is 5.06. The molecule has 34 heavy (non-hydrogen) atoms. The van der Waals surface area contributed by atoms with Crippen molar-refractivity contribution in [3.63, 3.8) is 0 Å². The molecule has 1 amide bonds. The minimum Gasteiger partial charge on any atom is -0.333 e. The predicted molar refractivity (Wildman–Crippen MR) is 131 cm³/mol. The van der Waals surface area contributed by atoms with Crippen molar-refractivity contribution in [2.45, 2.75) is 19.0 Å². The Morgan fingerprint density at radius 1 is 1.32 bits per heavy atom. The van der Waals surface area contributed by atoms with Crippen molar-refractivity contribution >= 4 is 50.6 Å². The number of anilines is 1. The van der Waals surface area contributed by atoms with Crippen LogP contribution in [0.4, 0.5) is 10.1 Å². The van der Waals surface area contributed by atoms with Crippen LogP contribution in [0, 0.1) is 5.82 Å². The number of aromatic nitrogens is 2. The second-order valence-electron chi connectivity index (χ2n) is 8.17. The molecule has 1 fully saturated rings. The van der Waals surface area contributed by atoms with Gasteiger partial charge in [-0.2, -0.15) is 4.72 Å². The van der Waals surface area contributed by atoms with E-state index in [9.17, 15) is 13.2 Å². The van der Waals surface area contributed by atoms with Crippen LogP contribution in [0.1, 0.15) is 17.1 Å². The number of sulfonamides is 1. The average Bonchev–Trinajstić information content (AvgIpc) is 3.48. The zero-order valence-corrected chi connectivity index (χ0v) is 20.9. The Bertz CT molecular complexity index is 1340. The number of halogens is 2. The Kier molecular flexibility index (Phi) is 7.20. The van der Waals surface area contributed by atoms with Gasteiger partial charge in [0.05, 0.1) is 24.1 Å². The number of nitrogens with zero attached hydrogens (tertiary/aromatic N) is 3. The molecular formula is C22H24ClFN5O3S2+. The lowest BCUT2D eigenvalue weighted by atomic mass is 10.2. The number of quaternary nitrogens is 1. The summed E-state index contributed by atoms with van der Waals surface area (Å²) in [5.74, 6) is -0.278. The monoisotopic (exact) mass is 524 g/mol. The molecule has 0 unspecified atom stereocenters. The number of carbonyl (C=O) groups excluding carboxylic acids is 1. The fourth-order valence-electron chi connectivity index (χ4n) is 3.72. The molecule has 1 aromatic carbocycles. The number of benzene rings is 1. The van der Waals surface area contributed by atoms with Crippen LogP contribution in [0.3, 0.4) is 0 Å². The van der Waals surface area contributed by atoms with E-state index in [4.69, 9.17) is 11.6 Å². The summed E-state index contributed by atoms with van der Waals surface area (Å²) in [5.41, 5.74) is 0.705. The van der Waals surface area contributed by atoms with Gasteiger partial charge in [-0.3, -0.25) is 9.36 Å². The smallest absolute Gasteiger partial charge is 0.245 e. The number of nitrogens with one attached hydrogen (secondary N) is 2. The molecule has 3 heterocycles. The molecule has 12 heteroatoms. The lowest BCUT2D eigenvalue weighted by molar-refractivity contribution is -0.873. The quantitative estimate of drug-likeness (QED) is 0.472. The topological polar surface area (TPSA) is 88.7 Å². The number of thiophene rings is 1. The predicted octanol–water partition coefficient (Wildman–Crippen LogP) is 2.07. The summed E-state index contributed by atoms with van der Waals surface area (Å²) >= 11 is 7.09. The summed E-state index contributed by atoms with van der Waals surface area (Å²) in [6.45, 7) is 0.865. The standard InChI is InChI=1S/C22H23ClFN5O3S2/c1-27(2)14-21-25-9-11-28(21)15-3-5-19(17(24)13-15)29-10-7-18(22(29)30)26-34(31,32)12-8-16-4-6-20(23)33-16/h3-6,8-9,11-13,18,26H,7,10,14H2,1-2H3/p+1/b12-8+/t18-/m0/s1. The maximum absolute atomic E-state index is 15.0. The highest BCUT2D eigenvalue weighted by Gasteiger charge is 2.36. The molecule has 1 aliphatic rings. The van der Waals surface area contributed by atoms with Gasteiger partial charge in [0.15, 0.2) is 5.82 Å². The first-order chi connectivity index (χ1) is 16.1. The maximum Gasteiger partial charge on any atom is 0.245 e. The Morgan fingerprint density at radius 2 is 2.12 bits per heavy atom. The Morgan fingerprint density at radius 3 is 2.79 bits per heavy atom. The first kappa shape index (κ1) is 24.6. The molecule has 3 aromatic rings. The van der Waals surface area contributed by atoms with Crippen molar-refractivity contribution < 1.29 is 22.5 Å². The fraction of sp³-hybridized carbons (Fsp3) is 0.273. The molecule has 0 spiro atoms. The van der Waals surface area contributed by atoms with E-state index in [0.717, 1.165) is 11.2 Å². The number of carbonyl (C=O) groups is 1. The number of hydrogen-bond acceptors (Lipinski definition) is 5. The molecule has 2 N–H and O–H groups in total. The third-order valence-corrected chi connectivity index (χ3v) is 7.55. The van der Waals surface area contributed by atoms with Gasteiger partial charge in [0.25, 0.3) is 0 Å². The van der Waals surface area contributed by atoms with Crippen molar-refractivity contribution in [3.8, 4) is 5.69 Å². The van der Waals surface area contributed by atoms with Crippen LogP contribution >= 0.6 is 22.9 Å². The van der Waals surface area contributed by atoms with Gasteiger partial charge in [-0.25, -0.2) is 17.8 Å². The second kappa shape index (κ2) is 9.96. The van der Waals surface area contributed by atoms with Gasteiger partial charge in [-0.1, -0.05) is 11.6 Å². The van der Waals surface area contributed by atoms with Crippen LogP contribution in [-0.4, -0.2) is 50.6 Å². The fourth-order valence-corrected chi connectivity index (χ4v) is 5.79. The SMILES string of the molecule is C[NH+](C)Cc1nccn1-c1ccc(N2CC[C@H](NS(=O)(=O)/C=C/c3ccc(Cl)s3)C2=O)c(F)c1. The van der Waals surface area contributed by atoms with E-state index in [1.165, 1.54) is 39.3 Å². The Hall–Kier alpha value is -2.57. The Labute approximate surface area is 206 Å². The van der Waals surface area contributed by atoms with Gasteiger partial charge >= 0.3 is 0 Å². The highest BCUT2D eigenvalue weighted by Crippen LogP contribution is 2.28. The molecule has 0 radical (unpaired) electrons. The van der Waals surface area contributed by atoms with E-state index >= 15 is 4.39 Å². The molecule has 1 atom stereocenters. The van der Waals surface area contributed by atoms with Crippen LogP contribution in [0.2, 0.25) is 4.34 Å². The minimum atomic E-state index is -3.87. The molecule has 0 bridgehead atoms. The second-order valence-corrected chi connectivity index (χ2v) is 11.5. The molecule has 1 saturated heterocycles. The van der Waals surface area contributed by atoms with Crippen LogP contribution in [0.5, 0.6) is 0 Å². The molecule has 1 aliphatic heterocycles. The number of imidazole rings is 1. The van der Waals surface area contributed by atoms with Crippen molar-refractivity contribution in [1.29, 1.82) is 0 Å². The Balaban J connectivity index is 1.47. The van der Waals surface area contributed by atoms with Gasteiger partial charge < -0.3 is 9.80 Å². The summed E-state index contributed by atoms with van der Waals surface area (Å²) in [4.78, 5) is 20.3. The average molecular weight is 525 g/mol. The van der Waals surface area contributed by atoms with E-state index in [1.807, 2.05) is 14.1 Å². The summed E-state index contributed by atoms with van der Waals surface area (Å²) in [5, 5.41) is 0.999. The van der Waals surface area contributed by atoms with Crippen LogP contribution in [0.15, 0.2) is 48.1 Å². The molecular weight excluding hydrogens is 501 g/mol. The summed E-state index contributed by atoms with van der Waals surface area (Å²) < 4.78 is 44.6. The van der Waals surface area contributed by atoms with Crippen molar-refractivity contribution in [1.82, 2.24) is 14.3 Å². The van der Waals surface area contributed by atoms with Gasteiger partial charge in [0.1, 0.15) is 18.4 Å². The largest absolute Gasteiger partial charge is 0.333 e. The lowest BCUT2D eigenvalue weighted by Crippen LogP contribution is -3.04. The van der Waals surface area contributed by atoms with Gasteiger partial charge in [-0.15, -0.1) is 11.3 Å². The molecule has 8 nitrogen and oxygen atoms in total. The molecule has 2 aromatic heterocycles. The van der Waals surface area contributed by atoms with E-state index in [0.29, 0.717) is 21.4 Å². The first-order valence-electron chi connectivity index (χ1n) is 10.5. The van der Waals surface area contributed by atoms with Crippen LogP contribution < -0.4 is 14.5 Å². The zero-order chi connectivity index (χ0) is 24.5. The lowest BCUT2D eigenvalue weighted by Gasteiger charge is -2.19. The van der Waals surface area contributed by atoms with Crippen LogP contribution in [0.25, 0.3) is 11.8 Å². The summed E-state index contributed by atoms with van der Waals surface area (Å²) in [7, 11) is 0.126. The zero-order valence-electron chi connectivity index (χ0n) is 18.5. The molecule has 180 valence electrons. The van der Waals surface area contributed by atoms with Gasteiger partial charge in [0.2, 0.25) is 15.9 Å². The van der Waals surface area contributed by atoms with Crippen molar-refractivity contribution in [2.75, 3.05) is 25.5 Å². The van der Waals surface area contributed by atoms with E-state index < -0.39 is 27.8 Å². The van der Waals surface area contributed by atoms with E-state index in [1.54, 1.807) is 35.2 Å². The normalized spacial score (nSPS) is 16.9. The number of rotatable bonds is 8. The molecule has 4 rings (SSSR count). The molecule has 0 aliphatic carbocycles. The minimum absolute atomic E-state index is 0.110. The highest BCUT2D eigenvalue weighted by molar-refractivity contribution is 7.92. The van der Waals surface area contributed by atoms with Crippen molar-refractivity contribution in [3.05, 3.63) is 69.0 Å². The van der Waals surface area contributed by atoms with Gasteiger partial charge in [-0.05, 0) is 36.8 Å². The van der Waals surface area contributed by atoms with E-state index in [2.05, 4.69) is 9.71 Å². The number of amides is 1. The third kappa shape index (κ3) is 5.56. The van der Waals surface area contributed by atoms with E-state index in [-0.39, 0.29) is 18.7 Å². The summed E-state index contributed by atoms with van der Waals surface area (Å²) in [6, 6.07) is 7.00. The highest BCUT2D eigenvalue weighted by atomic mass is 35.5. The van der Waals surface area contributed by atoms with Crippen molar-refractivity contribution in [2.24, 2.45) is 0 Å². The van der Waals surface area contributed by atoms with Crippen LogP contribution in [-0.2, 0) is 21.4 Å². The number of hydrogen-bond donors (Lipinski definition) is 2. The van der Waals surface area contributed by atoms with Gasteiger partial charge in [0, 0.05) is 41.0 Å². The maximum atomic E-state index is 15.0.